The van der Waals surface area contributed by atoms with Crippen molar-refractivity contribution in [3.63, 3.8) is 0 Å². The van der Waals surface area contributed by atoms with Crippen LogP contribution in [0.5, 0.6) is 17.2 Å². The van der Waals surface area contributed by atoms with Crippen molar-refractivity contribution in [3.8, 4) is 17.2 Å². The first-order valence-corrected chi connectivity index (χ1v) is 15.3. The van der Waals surface area contributed by atoms with Crippen LogP contribution in [-0.2, 0) is 15.3 Å². The molecule has 214 valence electrons. The average molecular weight is 622 g/mol. The number of carbonyl (C=O) groups excluding carboxylic acids is 2. The number of halogens is 1. The molecular weight excluding hydrogens is 598 g/mol. The Kier molecular flexibility index (Phi) is 8.05. The normalized spacial score (nSPS) is 17.5. The molecule has 1 saturated heterocycles. The van der Waals surface area contributed by atoms with Gasteiger partial charge in [0.1, 0.15) is 24.7 Å². The van der Waals surface area contributed by atoms with E-state index in [-0.39, 0.29) is 16.5 Å². The molecule has 6 rings (SSSR count). The highest BCUT2D eigenvalue weighted by Crippen LogP contribution is 2.45. The van der Waals surface area contributed by atoms with E-state index >= 15 is 0 Å². The van der Waals surface area contributed by atoms with Crippen LogP contribution in [0, 0.1) is 0 Å². The molecule has 1 amide bonds. The number of hydrogen-bond donors (Lipinski definition) is 1. The molecule has 4 aromatic rings. The molecule has 42 heavy (non-hydrogen) atoms. The average Bonchev–Trinajstić information content (AvgIpc) is 3.58. The standard InChI is InChI=1S/C30H24ClN3O6S2/c1-2-38-21-5-3-4-18(14-21)25-24(26(35)19-8-11-22-23(15-19)40-13-12-39-22)27(36)28(37)34(25)29-32-33-30(42-29)41-16-17-6-9-20(31)10-7-17/h3-11,14-15,25,35H,2,12-13,16H2,1H3/b26-24-. The van der Waals surface area contributed by atoms with Crippen molar-refractivity contribution in [1.29, 1.82) is 0 Å². The lowest BCUT2D eigenvalue weighted by Gasteiger charge is -2.23. The molecule has 3 heterocycles. The van der Waals surface area contributed by atoms with Crippen molar-refractivity contribution in [1.82, 2.24) is 10.2 Å². The fourth-order valence-electron chi connectivity index (χ4n) is 4.72. The minimum absolute atomic E-state index is 0.0732. The summed E-state index contributed by atoms with van der Waals surface area (Å²) in [5.41, 5.74) is 1.87. The van der Waals surface area contributed by atoms with Gasteiger partial charge in [-0.1, -0.05) is 59.0 Å². The highest BCUT2D eigenvalue weighted by Gasteiger charge is 2.48. The van der Waals surface area contributed by atoms with Crippen molar-refractivity contribution in [2.45, 2.75) is 23.1 Å². The molecule has 1 fully saturated rings. The molecule has 0 aliphatic carbocycles. The Hall–Kier alpha value is -4.06. The number of aromatic nitrogens is 2. The SMILES string of the molecule is CCOc1cccc(C2/C(=C(/O)c3ccc4c(c3)OCCO4)C(=O)C(=O)N2c2nnc(SCc3ccc(Cl)cc3)s2)c1. The van der Waals surface area contributed by atoms with Gasteiger partial charge in [-0.05, 0) is 60.5 Å². The zero-order chi connectivity index (χ0) is 29.2. The van der Waals surface area contributed by atoms with Crippen LogP contribution in [0.3, 0.4) is 0 Å². The molecule has 0 radical (unpaired) electrons. The lowest BCUT2D eigenvalue weighted by atomic mass is 9.95. The molecule has 3 aromatic carbocycles. The van der Waals surface area contributed by atoms with Crippen molar-refractivity contribution in [2.75, 3.05) is 24.7 Å². The van der Waals surface area contributed by atoms with E-state index in [1.54, 1.807) is 42.5 Å². The van der Waals surface area contributed by atoms with E-state index < -0.39 is 17.7 Å². The van der Waals surface area contributed by atoms with Crippen molar-refractivity contribution >= 4 is 57.3 Å². The van der Waals surface area contributed by atoms with Gasteiger partial charge in [0.2, 0.25) is 5.13 Å². The molecule has 0 spiro atoms. The maximum absolute atomic E-state index is 13.6. The summed E-state index contributed by atoms with van der Waals surface area (Å²) in [6.07, 6.45) is 0. The summed E-state index contributed by atoms with van der Waals surface area (Å²) in [6.45, 7) is 3.08. The molecular formula is C30H24ClN3O6S2. The Bertz CT molecular complexity index is 1690. The minimum atomic E-state index is -0.972. The maximum atomic E-state index is 13.6. The second kappa shape index (κ2) is 12.0. The van der Waals surface area contributed by atoms with Crippen LogP contribution in [0.15, 0.2) is 76.6 Å². The molecule has 0 saturated carbocycles. The van der Waals surface area contributed by atoms with E-state index in [1.165, 1.54) is 28.0 Å². The molecule has 2 aliphatic heterocycles. The van der Waals surface area contributed by atoms with Crippen LogP contribution >= 0.6 is 34.7 Å². The van der Waals surface area contributed by atoms with Gasteiger partial charge in [0.25, 0.3) is 5.78 Å². The van der Waals surface area contributed by atoms with Crippen molar-refractivity contribution < 1.29 is 28.9 Å². The molecule has 9 nitrogen and oxygen atoms in total. The third-order valence-corrected chi connectivity index (χ3v) is 9.00. The number of thioether (sulfide) groups is 1. The molecule has 12 heteroatoms. The molecule has 1 aromatic heterocycles. The number of benzene rings is 3. The molecule has 1 atom stereocenters. The fourth-order valence-corrected chi connectivity index (χ4v) is 6.67. The predicted molar refractivity (Wildman–Crippen MR) is 161 cm³/mol. The number of aliphatic hydroxyl groups excluding tert-OH is 1. The van der Waals surface area contributed by atoms with Gasteiger partial charge in [0, 0.05) is 16.3 Å². The largest absolute Gasteiger partial charge is 0.507 e. The van der Waals surface area contributed by atoms with E-state index in [2.05, 4.69) is 10.2 Å². The number of Topliss-reactive ketones (excluding diaryl/α,β-unsaturated/α-hetero) is 1. The van der Waals surface area contributed by atoms with E-state index in [0.717, 1.165) is 5.56 Å². The maximum Gasteiger partial charge on any atom is 0.301 e. The first-order chi connectivity index (χ1) is 20.4. The number of amides is 1. The number of nitrogens with zero attached hydrogens (tertiary/aromatic N) is 3. The van der Waals surface area contributed by atoms with Gasteiger partial charge in [-0.2, -0.15) is 0 Å². The topological polar surface area (TPSA) is 111 Å². The second-order valence-corrected chi connectivity index (χ2v) is 11.9. The number of rotatable bonds is 8. The van der Waals surface area contributed by atoms with E-state index in [9.17, 15) is 14.7 Å². The summed E-state index contributed by atoms with van der Waals surface area (Å²) >= 11 is 8.64. The third kappa shape index (κ3) is 5.55. The summed E-state index contributed by atoms with van der Waals surface area (Å²) < 4.78 is 17.6. The lowest BCUT2D eigenvalue weighted by Crippen LogP contribution is -2.29. The molecule has 1 unspecified atom stereocenters. The van der Waals surface area contributed by atoms with Crippen molar-refractivity contribution in [3.05, 3.63) is 94.0 Å². The number of ether oxygens (including phenoxy) is 3. The third-order valence-electron chi connectivity index (χ3n) is 6.62. The van der Waals surface area contributed by atoms with Crippen LogP contribution in [0.2, 0.25) is 5.02 Å². The van der Waals surface area contributed by atoms with Gasteiger partial charge in [0.05, 0.1) is 18.2 Å². The highest BCUT2D eigenvalue weighted by atomic mass is 35.5. The van der Waals surface area contributed by atoms with Crippen LogP contribution in [0.1, 0.15) is 29.7 Å². The molecule has 2 aliphatic rings. The number of fused-ring (bicyclic) bond motifs is 1. The van der Waals surface area contributed by atoms with Crippen molar-refractivity contribution in [2.24, 2.45) is 0 Å². The first kappa shape index (κ1) is 28.1. The van der Waals surface area contributed by atoms with E-state index in [4.69, 9.17) is 25.8 Å². The minimum Gasteiger partial charge on any atom is -0.507 e. The van der Waals surface area contributed by atoms with Gasteiger partial charge in [0.15, 0.2) is 15.8 Å². The van der Waals surface area contributed by atoms with Gasteiger partial charge >= 0.3 is 5.91 Å². The highest BCUT2D eigenvalue weighted by molar-refractivity contribution is 8.00. The van der Waals surface area contributed by atoms with Gasteiger partial charge in [-0.15, -0.1) is 10.2 Å². The number of ketones is 1. The Balaban J connectivity index is 1.39. The molecule has 1 N–H and O–H groups in total. The molecule has 0 bridgehead atoms. The van der Waals surface area contributed by atoms with Gasteiger partial charge < -0.3 is 19.3 Å². The van der Waals surface area contributed by atoms with Crippen LogP contribution in [0.25, 0.3) is 5.76 Å². The Morgan fingerprint density at radius 1 is 1.07 bits per heavy atom. The van der Waals surface area contributed by atoms with Crippen LogP contribution in [0.4, 0.5) is 5.13 Å². The summed E-state index contributed by atoms with van der Waals surface area (Å²) in [5, 5.41) is 21.0. The van der Waals surface area contributed by atoms with Crippen LogP contribution in [-0.4, -0.2) is 46.8 Å². The number of aliphatic hydroxyl groups is 1. The monoisotopic (exact) mass is 621 g/mol. The predicted octanol–water partition coefficient (Wildman–Crippen LogP) is 6.28. The fraction of sp³-hybridized carbons (Fsp3) is 0.200. The van der Waals surface area contributed by atoms with Gasteiger partial charge in [-0.3, -0.25) is 14.5 Å². The lowest BCUT2D eigenvalue weighted by molar-refractivity contribution is -0.132. The summed E-state index contributed by atoms with van der Waals surface area (Å²) in [4.78, 5) is 28.4. The second-order valence-electron chi connectivity index (χ2n) is 9.30. The summed E-state index contributed by atoms with van der Waals surface area (Å²) in [5.74, 6) is 0.190. The van der Waals surface area contributed by atoms with Crippen LogP contribution < -0.4 is 19.1 Å². The number of carbonyl (C=O) groups is 2. The number of anilines is 1. The van der Waals surface area contributed by atoms with E-state index in [1.807, 2.05) is 31.2 Å². The Morgan fingerprint density at radius 2 is 1.86 bits per heavy atom. The summed E-state index contributed by atoms with van der Waals surface area (Å²) in [6, 6.07) is 18.5. The zero-order valence-electron chi connectivity index (χ0n) is 22.3. The Morgan fingerprint density at radius 3 is 2.64 bits per heavy atom. The van der Waals surface area contributed by atoms with E-state index in [0.29, 0.717) is 63.3 Å². The van der Waals surface area contributed by atoms with Gasteiger partial charge in [-0.25, -0.2) is 0 Å². The number of hydrogen-bond acceptors (Lipinski definition) is 10. The first-order valence-electron chi connectivity index (χ1n) is 13.1. The smallest absolute Gasteiger partial charge is 0.301 e. The zero-order valence-corrected chi connectivity index (χ0v) is 24.7. The summed E-state index contributed by atoms with van der Waals surface area (Å²) in [7, 11) is 0. The Labute approximate surface area is 254 Å². The quantitative estimate of drug-likeness (QED) is 0.0799.